The molecule has 0 heterocycles. The molecule has 0 saturated carbocycles. The predicted octanol–water partition coefficient (Wildman–Crippen LogP) is 4.56. The number of alkyl halides is 3. The van der Waals surface area contributed by atoms with Crippen LogP contribution in [0.4, 0.5) is 23.2 Å². The summed E-state index contributed by atoms with van der Waals surface area (Å²) in [5.41, 5.74) is 2.48. The highest BCUT2D eigenvalue weighted by molar-refractivity contribution is 7.80. The van der Waals surface area contributed by atoms with Crippen LogP contribution in [0.25, 0.3) is 0 Å². The van der Waals surface area contributed by atoms with Gasteiger partial charge in [0.25, 0.3) is 0 Å². The van der Waals surface area contributed by atoms with Crippen LogP contribution in [-0.2, 0) is 6.18 Å². The monoisotopic (exact) mass is 355 g/mol. The topological polar surface area (TPSA) is 36.4 Å². The molecule has 0 saturated heterocycles. The zero-order chi connectivity index (χ0) is 17.7. The Hall–Kier alpha value is -2.48. The summed E-state index contributed by atoms with van der Waals surface area (Å²) in [6.07, 6.45) is -4.43. The molecule has 2 N–H and O–H groups in total. The van der Waals surface area contributed by atoms with E-state index >= 15 is 0 Å². The number of halogens is 4. The van der Waals surface area contributed by atoms with Gasteiger partial charge in [-0.1, -0.05) is 24.3 Å². The van der Waals surface area contributed by atoms with Gasteiger partial charge in [0.1, 0.15) is 5.82 Å². The summed E-state index contributed by atoms with van der Waals surface area (Å²) in [6, 6.07) is 10.7. The van der Waals surface area contributed by atoms with Gasteiger partial charge in [0.15, 0.2) is 5.11 Å². The number of para-hydroxylation sites is 1. The van der Waals surface area contributed by atoms with Crippen molar-refractivity contribution in [2.75, 3.05) is 5.32 Å². The standard InChI is InChI=1S/C16H13F4N3S/c1-10(11-5-4-6-12(9-11)16(18,19)20)22-23-15(24)21-14-8-3-2-7-13(14)17/h2-9H,1H3,(H2,21,23,24). The Balaban J connectivity index is 2.06. The van der Waals surface area contributed by atoms with E-state index in [2.05, 4.69) is 15.8 Å². The Kier molecular flexibility index (Phi) is 5.50. The number of rotatable bonds is 3. The molecule has 0 aliphatic heterocycles. The van der Waals surface area contributed by atoms with Gasteiger partial charge in [-0.15, -0.1) is 0 Å². The number of thiocarbonyl (C=S) groups is 1. The summed E-state index contributed by atoms with van der Waals surface area (Å²) < 4.78 is 51.6. The van der Waals surface area contributed by atoms with E-state index in [0.717, 1.165) is 12.1 Å². The van der Waals surface area contributed by atoms with Gasteiger partial charge in [0.05, 0.1) is 17.0 Å². The molecule has 0 radical (unpaired) electrons. The highest BCUT2D eigenvalue weighted by Crippen LogP contribution is 2.29. The van der Waals surface area contributed by atoms with E-state index in [1.54, 1.807) is 6.07 Å². The molecule has 0 amide bonds. The molecule has 126 valence electrons. The first-order chi connectivity index (χ1) is 11.3. The molecule has 2 aromatic carbocycles. The van der Waals surface area contributed by atoms with Crippen LogP contribution < -0.4 is 10.7 Å². The van der Waals surface area contributed by atoms with Crippen molar-refractivity contribution < 1.29 is 17.6 Å². The molecule has 0 bridgehead atoms. The second-order valence-electron chi connectivity index (χ2n) is 4.82. The summed E-state index contributed by atoms with van der Waals surface area (Å²) in [6.45, 7) is 1.54. The first-order valence-corrected chi connectivity index (χ1v) is 7.21. The molecule has 0 aliphatic carbocycles. The lowest BCUT2D eigenvalue weighted by Gasteiger charge is -2.10. The van der Waals surface area contributed by atoms with Crippen LogP contribution in [0.15, 0.2) is 53.6 Å². The van der Waals surface area contributed by atoms with Crippen LogP contribution >= 0.6 is 12.2 Å². The minimum atomic E-state index is -4.43. The Morgan fingerprint density at radius 2 is 1.79 bits per heavy atom. The van der Waals surface area contributed by atoms with Crippen molar-refractivity contribution >= 4 is 28.7 Å². The van der Waals surface area contributed by atoms with Gasteiger partial charge >= 0.3 is 6.18 Å². The van der Waals surface area contributed by atoms with E-state index < -0.39 is 17.6 Å². The lowest BCUT2D eigenvalue weighted by molar-refractivity contribution is -0.137. The molecule has 3 nitrogen and oxygen atoms in total. The Bertz CT molecular complexity index is 772. The smallest absolute Gasteiger partial charge is 0.329 e. The normalized spacial score (nSPS) is 12.0. The van der Waals surface area contributed by atoms with Crippen molar-refractivity contribution in [1.82, 2.24) is 5.43 Å². The first kappa shape index (κ1) is 17.9. The van der Waals surface area contributed by atoms with E-state index in [1.807, 2.05) is 0 Å². The minimum Gasteiger partial charge on any atom is -0.329 e. The molecule has 0 unspecified atom stereocenters. The Morgan fingerprint density at radius 1 is 1.08 bits per heavy atom. The molecular weight excluding hydrogens is 342 g/mol. The number of hydrogen-bond donors (Lipinski definition) is 2. The number of nitrogens with zero attached hydrogens (tertiary/aromatic N) is 1. The second kappa shape index (κ2) is 7.39. The van der Waals surface area contributed by atoms with Crippen LogP contribution in [0.1, 0.15) is 18.1 Å². The summed E-state index contributed by atoms with van der Waals surface area (Å²) in [7, 11) is 0. The van der Waals surface area contributed by atoms with Crippen LogP contribution in [-0.4, -0.2) is 10.8 Å². The van der Waals surface area contributed by atoms with Crippen molar-refractivity contribution in [2.45, 2.75) is 13.1 Å². The second-order valence-corrected chi connectivity index (χ2v) is 5.23. The van der Waals surface area contributed by atoms with Gasteiger partial charge in [-0.25, -0.2) is 4.39 Å². The first-order valence-electron chi connectivity index (χ1n) is 6.81. The molecular formula is C16H13F4N3S. The molecule has 0 spiro atoms. The fourth-order valence-corrected chi connectivity index (χ4v) is 1.99. The fraction of sp³-hybridized carbons (Fsp3) is 0.125. The highest BCUT2D eigenvalue weighted by atomic mass is 32.1. The summed E-state index contributed by atoms with van der Waals surface area (Å²) in [5.74, 6) is -0.486. The molecule has 2 rings (SSSR count). The molecule has 0 atom stereocenters. The molecule has 0 fully saturated rings. The zero-order valence-corrected chi connectivity index (χ0v) is 13.3. The predicted molar refractivity (Wildman–Crippen MR) is 89.4 cm³/mol. The molecule has 0 aliphatic rings. The Labute approximate surface area is 141 Å². The van der Waals surface area contributed by atoms with Crippen molar-refractivity contribution in [3.05, 3.63) is 65.5 Å². The summed E-state index contributed by atoms with van der Waals surface area (Å²) >= 11 is 4.97. The number of hydrogen-bond acceptors (Lipinski definition) is 2. The van der Waals surface area contributed by atoms with Crippen molar-refractivity contribution in [3.8, 4) is 0 Å². The fourth-order valence-electron chi connectivity index (χ4n) is 1.83. The van der Waals surface area contributed by atoms with Gasteiger partial charge in [-0.2, -0.15) is 18.3 Å². The third kappa shape index (κ3) is 4.76. The van der Waals surface area contributed by atoms with Crippen LogP contribution in [0.3, 0.4) is 0 Å². The van der Waals surface area contributed by atoms with E-state index in [-0.39, 0.29) is 10.8 Å². The van der Waals surface area contributed by atoms with Crippen LogP contribution in [0.5, 0.6) is 0 Å². The van der Waals surface area contributed by atoms with Gasteiger partial charge in [-0.05, 0) is 49.0 Å². The number of anilines is 1. The van der Waals surface area contributed by atoms with Crippen molar-refractivity contribution in [3.63, 3.8) is 0 Å². The third-order valence-electron chi connectivity index (χ3n) is 3.05. The third-order valence-corrected chi connectivity index (χ3v) is 3.25. The molecule has 24 heavy (non-hydrogen) atoms. The zero-order valence-electron chi connectivity index (χ0n) is 12.5. The molecule has 8 heteroatoms. The van der Waals surface area contributed by atoms with Gasteiger partial charge in [0.2, 0.25) is 0 Å². The number of nitrogens with one attached hydrogen (secondary N) is 2. The van der Waals surface area contributed by atoms with Gasteiger partial charge in [-0.3, -0.25) is 5.43 Å². The Morgan fingerprint density at radius 3 is 2.46 bits per heavy atom. The van der Waals surface area contributed by atoms with Crippen LogP contribution in [0, 0.1) is 5.82 Å². The maximum atomic E-state index is 13.5. The lowest BCUT2D eigenvalue weighted by Crippen LogP contribution is -2.25. The summed E-state index contributed by atoms with van der Waals surface area (Å²) in [5, 5.41) is 6.55. The average molecular weight is 355 g/mol. The number of hydrazone groups is 1. The van der Waals surface area contributed by atoms with Crippen molar-refractivity contribution in [1.29, 1.82) is 0 Å². The number of benzene rings is 2. The van der Waals surface area contributed by atoms with E-state index in [9.17, 15) is 17.6 Å². The molecule has 2 aromatic rings. The molecule has 0 aromatic heterocycles. The maximum absolute atomic E-state index is 13.5. The summed E-state index contributed by atoms with van der Waals surface area (Å²) in [4.78, 5) is 0. The van der Waals surface area contributed by atoms with E-state index in [4.69, 9.17) is 12.2 Å². The quantitative estimate of drug-likeness (QED) is 0.367. The van der Waals surface area contributed by atoms with Crippen LogP contribution in [0.2, 0.25) is 0 Å². The van der Waals surface area contributed by atoms with E-state index in [1.165, 1.54) is 37.3 Å². The van der Waals surface area contributed by atoms with Gasteiger partial charge in [0, 0.05) is 0 Å². The largest absolute Gasteiger partial charge is 0.416 e. The average Bonchev–Trinajstić information content (AvgIpc) is 2.54. The van der Waals surface area contributed by atoms with E-state index in [0.29, 0.717) is 11.3 Å². The lowest BCUT2D eigenvalue weighted by atomic mass is 10.1. The van der Waals surface area contributed by atoms with Crippen molar-refractivity contribution in [2.24, 2.45) is 5.10 Å². The van der Waals surface area contributed by atoms with Gasteiger partial charge < -0.3 is 5.32 Å². The minimum absolute atomic E-state index is 0.0198. The SMILES string of the molecule is CC(=NNC(=S)Nc1ccccc1F)c1cccc(C(F)(F)F)c1. The highest BCUT2D eigenvalue weighted by Gasteiger charge is 2.30. The maximum Gasteiger partial charge on any atom is 0.416 e.